The first-order valence-corrected chi connectivity index (χ1v) is 11.2. The number of aromatic hydroxyl groups is 1. The number of rotatable bonds is 6. The number of halogens is 1. The third kappa shape index (κ3) is 4.64. The molecule has 1 heterocycles. The summed E-state index contributed by atoms with van der Waals surface area (Å²) < 4.78 is 1.04. The molecule has 1 amide bonds. The van der Waals surface area contributed by atoms with Crippen molar-refractivity contribution < 1.29 is 9.90 Å². The Bertz CT molecular complexity index is 1230. The molecule has 1 aromatic heterocycles. The second-order valence-electron chi connectivity index (χ2n) is 6.31. The Morgan fingerprint density at radius 1 is 1.20 bits per heavy atom. The van der Waals surface area contributed by atoms with Crippen LogP contribution in [0.2, 0.25) is 5.02 Å². The number of phenolic OH excluding ortho intramolecular Hbond substituents is 1. The van der Waals surface area contributed by atoms with E-state index >= 15 is 0 Å². The van der Waals surface area contributed by atoms with Crippen LogP contribution in [0.3, 0.4) is 0 Å². The lowest BCUT2D eigenvalue weighted by atomic mass is 10.0. The number of hydrogen-bond acceptors (Lipinski definition) is 6. The molecule has 3 aromatic carbocycles. The first-order valence-electron chi connectivity index (χ1n) is 8.96. The summed E-state index contributed by atoms with van der Waals surface area (Å²) in [5.41, 5.74) is 4.92. The number of hydrogen-bond donors (Lipinski definition) is 2. The summed E-state index contributed by atoms with van der Waals surface area (Å²) in [7, 11) is 0. The van der Waals surface area contributed by atoms with Gasteiger partial charge in [0.25, 0.3) is 5.91 Å². The van der Waals surface area contributed by atoms with E-state index in [1.54, 1.807) is 29.3 Å². The lowest BCUT2D eigenvalue weighted by molar-refractivity contribution is 0.0955. The number of nitrogens with one attached hydrogen (secondary N) is 1. The van der Waals surface area contributed by atoms with E-state index in [-0.39, 0.29) is 10.8 Å². The van der Waals surface area contributed by atoms with Crippen LogP contribution >= 0.6 is 34.7 Å². The number of thiazole rings is 1. The van der Waals surface area contributed by atoms with Crippen LogP contribution in [-0.4, -0.2) is 22.2 Å². The maximum absolute atomic E-state index is 12.2. The number of fused-ring (bicyclic) bond motifs is 1. The maximum atomic E-state index is 12.2. The highest BCUT2D eigenvalue weighted by Gasteiger charge is 2.09. The average molecular weight is 454 g/mol. The summed E-state index contributed by atoms with van der Waals surface area (Å²) >= 11 is 9.20. The van der Waals surface area contributed by atoms with Crippen LogP contribution < -0.4 is 5.43 Å². The monoisotopic (exact) mass is 453 g/mol. The van der Waals surface area contributed by atoms with Gasteiger partial charge in [0.05, 0.1) is 11.2 Å². The fourth-order valence-corrected chi connectivity index (χ4v) is 4.74. The summed E-state index contributed by atoms with van der Waals surface area (Å²) in [6, 6.07) is 16.4. The highest BCUT2D eigenvalue weighted by molar-refractivity contribution is 8.00. The van der Waals surface area contributed by atoms with Crippen LogP contribution in [0.15, 0.2) is 75.6 Å². The van der Waals surface area contributed by atoms with Crippen LogP contribution in [-0.2, 0) is 5.75 Å². The molecule has 5 nitrogen and oxygen atoms in total. The largest absolute Gasteiger partial charge is 0.506 e. The van der Waals surface area contributed by atoms with E-state index in [9.17, 15) is 9.90 Å². The quantitative estimate of drug-likeness (QED) is 0.223. The number of benzene rings is 3. The number of phenols is 1. The Balaban J connectivity index is 1.52. The molecule has 0 saturated heterocycles. The van der Waals surface area contributed by atoms with Crippen molar-refractivity contribution in [3.8, 4) is 5.75 Å². The van der Waals surface area contributed by atoms with Crippen molar-refractivity contribution in [2.24, 2.45) is 5.10 Å². The van der Waals surface area contributed by atoms with Gasteiger partial charge >= 0.3 is 0 Å². The lowest BCUT2D eigenvalue weighted by Gasteiger charge is -2.08. The zero-order valence-electron chi connectivity index (χ0n) is 15.6. The Morgan fingerprint density at radius 3 is 2.80 bits per heavy atom. The van der Waals surface area contributed by atoms with Crippen LogP contribution in [0, 0.1) is 0 Å². The number of hydrazone groups is 1. The third-order valence-electron chi connectivity index (χ3n) is 4.39. The predicted molar refractivity (Wildman–Crippen MR) is 124 cm³/mol. The van der Waals surface area contributed by atoms with E-state index in [1.807, 2.05) is 35.8 Å². The Morgan fingerprint density at radius 2 is 2.03 bits per heavy atom. The van der Waals surface area contributed by atoms with E-state index in [0.29, 0.717) is 5.56 Å². The van der Waals surface area contributed by atoms with E-state index in [4.69, 9.17) is 11.6 Å². The number of aromatic nitrogens is 1. The molecule has 30 heavy (non-hydrogen) atoms. The first-order chi connectivity index (χ1) is 14.6. The topological polar surface area (TPSA) is 74.6 Å². The van der Waals surface area contributed by atoms with Crippen molar-refractivity contribution in [1.29, 1.82) is 0 Å². The standard InChI is InChI=1S/C22H16ClN3O2S2/c23-19-11-14(7-8-20(19)27)21(28)26-25-12-15-5-6-16(13-30-22-24-9-10-29-22)18-4-2-1-3-17(15)18/h1-12,27H,13H2,(H,26,28)/b25-12+. The van der Waals surface area contributed by atoms with Gasteiger partial charge in [0.15, 0.2) is 0 Å². The minimum atomic E-state index is -0.408. The summed E-state index contributed by atoms with van der Waals surface area (Å²) in [6.07, 6.45) is 3.44. The lowest BCUT2D eigenvalue weighted by Crippen LogP contribution is -2.17. The molecule has 0 aliphatic heterocycles. The van der Waals surface area contributed by atoms with E-state index in [2.05, 4.69) is 27.6 Å². The maximum Gasteiger partial charge on any atom is 0.271 e. The van der Waals surface area contributed by atoms with Crippen molar-refractivity contribution in [2.45, 2.75) is 10.1 Å². The molecule has 0 aliphatic carbocycles. The summed E-state index contributed by atoms with van der Waals surface area (Å²) in [4.78, 5) is 16.6. The van der Waals surface area contributed by atoms with Crippen molar-refractivity contribution >= 4 is 57.6 Å². The minimum absolute atomic E-state index is 0.0729. The van der Waals surface area contributed by atoms with E-state index in [1.165, 1.54) is 23.8 Å². The predicted octanol–water partition coefficient (Wildman–Crippen LogP) is 5.71. The van der Waals surface area contributed by atoms with Crippen molar-refractivity contribution in [3.63, 3.8) is 0 Å². The van der Waals surface area contributed by atoms with Gasteiger partial charge in [0.2, 0.25) is 0 Å². The molecule has 0 aliphatic rings. The van der Waals surface area contributed by atoms with Crippen molar-refractivity contribution in [2.75, 3.05) is 0 Å². The van der Waals surface area contributed by atoms with Gasteiger partial charge < -0.3 is 5.11 Å². The highest BCUT2D eigenvalue weighted by Crippen LogP contribution is 2.29. The molecule has 4 rings (SSSR count). The zero-order valence-corrected chi connectivity index (χ0v) is 18.0. The van der Waals surface area contributed by atoms with Gasteiger partial charge in [0.1, 0.15) is 10.1 Å². The smallest absolute Gasteiger partial charge is 0.271 e. The van der Waals surface area contributed by atoms with Crippen LogP contribution in [0.5, 0.6) is 5.75 Å². The van der Waals surface area contributed by atoms with Crippen LogP contribution in [0.1, 0.15) is 21.5 Å². The van der Waals surface area contributed by atoms with Gasteiger partial charge in [-0.15, -0.1) is 11.3 Å². The fourth-order valence-electron chi connectivity index (χ4n) is 2.92. The molecule has 0 saturated carbocycles. The molecule has 0 bridgehead atoms. The number of nitrogens with zero attached hydrogens (tertiary/aromatic N) is 2. The molecule has 0 unspecified atom stereocenters. The molecule has 0 radical (unpaired) electrons. The van der Waals surface area contributed by atoms with Gasteiger partial charge in [-0.3, -0.25) is 4.79 Å². The van der Waals surface area contributed by atoms with E-state index < -0.39 is 5.91 Å². The van der Waals surface area contributed by atoms with Gasteiger partial charge in [-0.2, -0.15) is 5.10 Å². The molecule has 4 aromatic rings. The Kier molecular flexibility index (Phi) is 6.32. The number of carbonyl (C=O) groups is 1. The Hall–Kier alpha value is -2.87. The normalized spacial score (nSPS) is 11.2. The molecular weight excluding hydrogens is 438 g/mol. The molecule has 0 spiro atoms. The molecule has 0 atom stereocenters. The van der Waals surface area contributed by atoms with Crippen LogP contribution in [0.4, 0.5) is 0 Å². The summed E-state index contributed by atoms with van der Waals surface area (Å²) in [5, 5.41) is 17.8. The van der Waals surface area contributed by atoms with Crippen molar-refractivity contribution in [3.05, 3.63) is 87.9 Å². The Labute approximate surface area is 186 Å². The minimum Gasteiger partial charge on any atom is -0.506 e. The fraction of sp³-hybridized carbons (Fsp3) is 0.0455. The van der Waals surface area contributed by atoms with Gasteiger partial charge in [-0.25, -0.2) is 10.4 Å². The molecular formula is C22H16ClN3O2S2. The first kappa shape index (κ1) is 20.4. The molecule has 0 fully saturated rings. The zero-order chi connectivity index (χ0) is 20.9. The number of carbonyl (C=O) groups excluding carboxylic acids is 1. The summed E-state index contributed by atoms with van der Waals surface area (Å²) in [6.45, 7) is 0. The molecule has 150 valence electrons. The second-order valence-corrected chi connectivity index (χ2v) is 8.84. The van der Waals surface area contributed by atoms with Gasteiger partial charge in [-0.1, -0.05) is 59.8 Å². The number of amides is 1. The second kappa shape index (κ2) is 9.30. The van der Waals surface area contributed by atoms with Crippen LogP contribution in [0.25, 0.3) is 10.8 Å². The third-order valence-corrected chi connectivity index (χ3v) is 6.71. The highest BCUT2D eigenvalue weighted by atomic mass is 35.5. The molecule has 8 heteroatoms. The molecule has 2 N–H and O–H groups in total. The van der Waals surface area contributed by atoms with Gasteiger partial charge in [-0.05, 0) is 34.5 Å². The summed E-state index contributed by atoms with van der Waals surface area (Å²) in [5.74, 6) is 0.342. The number of thioether (sulfide) groups is 1. The SMILES string of the molecule is O=C(N/N=C/c1ccc(CSc2nccs2)c2ccccc12)c1ccc(O)c(Cl)c1. The van der Waals surface area contributed by atoms with Gasteiger partial charge in [0, 0.05) is 28.5 Å². The average Bonchev–Trinajstić information content (AvgIpc) is 3.28. The van der Waals surface area contributed by atoms with E-state index in [0.717, 1.165) is 26.4 Å². The van der Waals surface area contributed by atoms with Crippen molar-refractivity contribution in [1.82, 2.24) is 10.4 Å².